The molecule has 0 radical (unpaired) electrons. The number of cyclic esters (lactones) is 2. The zero-order chi connectivity index (χ0) is 18.9. The maximum Gasteiger partial charge on any atom is 0.338 e. The van der Waals surface area contributed by atoms with Gasteiger partial charge in [0, 0.05) is 0 Å². The van der Waals surface area contributed by atoms with E-state index in [-0.39, 0.29) is 11.9 Å². The molecule has 0 saturated carbocycles. The first kappa shape index (κ1) is 18.9. The lowest BCUT2D eigenvalue weighted by molar-refractivity contribution is 0.0496. The lowest BCUT2D eigenvalue weighted by atomic mass is 10.1. The Hall–Kier alpha value is -2.88. The summed E-state index contributed by atoms with van der Waals surface area (Å²) in [5, 5.41) is 0. The van der Waals surface area contributed by atoms with E-state index in [9.17, 15) is 9.59 Å². The van der Waals surface area contributed by atoms with Crippen LogP contribution in [0, 0.1) is 0 Å². The number of carbonyl (C=O) groups is 2. The van der Waals surface area contributed by atoms with Crippen molar-refractivity contribution in [3.63, 3.8) is 0 Å². The Balaban J connectivity index is 1.81. The molecule has 140 valence electrons. The standard InChI is InChI=1S/C23H24O4/c24-22-20-10-6-8-18(16-20)12-13-19-9-7-11-21(17-19)23(25)27-15-5-3-1-2-4-14-26-22/h6-13,16-17H,1-5,14-15H2/b13-12+. The van der Waals surface area contributed by atoms with Gasteiger partial charge in [0.25, 0.3) is 0 Å². The van der Waals surface area contributed by atoms with Crippen LogP contribution in [0.25, 0.3) is 12.2 Å². The predicted octanol–water partition coefficient (Wildman–Crippen LogP) is 5.13. The highest BCUT2D eigenvalue weighted by Crippen LogP contribution is 2.14. The molecule has 0 amide bonds. The van der Waals surface area contributed by atoms with Crippen molar-refractivity contribution in [3.8, 4) is 0 Å². The van der Waals surface area contributed by atoms with E-state index in [0.717, 1.165) is 43.2 Å². The average Bonchev–Trinajstić information content (AvgIpc) is 2.70. The van der Waals surface area contributed by atoms with Crippen LogP contribution in [0.4, 0.5) is 0 Å². The third kappa shape index (κ3) is 5.81. The van der Waals surface area contributed by atoms with Crippen molar-refractivity contribution in [3.05, 3.63) is 70.8 Å². The summed E-state index contributed by atoms with van der Waals surface area (Å²) in [6.45, 7) is 0.861. The van der Waals surface area contributed by atoms with Crippen LogP contribution in [0.3, 0.4) is 0 Å². The van der Waals surface area contributed by atoms with Crippen molar-refractivity contribution in [2.75, 3.05) is 13.2 Å². The molecule has 2 aromatic carbocycles. The predicted molar refractivity (Wildman–Crippen MR) is 105 cm³/mol. The summed E-state index contributed by atoms with van der Waals surface area (Å²) < 4.78 is 10.7. The summed E-state index contributed by atoms with van der Waals surface area (Å²) >= 11 is 0. The zero-order valence-electron chi connectivity index (χ0n) is 15.4. The number of benzene rings is 2. The minimum atomic E-state index is -0.288. The fourth-order valence-corrected chi connectivity index (χ4v) is 2.96. The van der Waals surface area contributed by atoms with Gasteiger partial charge in [0.2, 0.25) is 0 Å². The molecule has 1 aliphatic heterocycles. The highest BCUT2D eigenvalue weighted by molar-refractivity contribution is 5.91. The highest BCUT2D eigenvalue weighted by Gasteiger charge is 2.09. The fraction of sp³-hybridized carbons (Fsp3) is 0.304. The van der Waals surface area contributed by atoms with Gasteiger partial charge in [0.15, 0.2) is 0 Å². The van der Waals surface area contributed by atoms with Crippen LogP contribution in [0.15, 0.2) is 48.5 Å². The number of carbonyl (C=O) groups excluding carboxylic acids is 2. The number of ether oxygens (including phenoxy) is 2. The minimum absolute atomic E-state index is 0.288. The van der Waals surface area contributed by atoms with Gasteiger partial charge in [-0.15, -0.1) is 0 Å². The van der Waals surface area contributed by atoms with E-state index in [4.69, 9.17) is 9.47 Å². The summed E-state index contributed by atoms with van der Waals surface area (Å²) in [5.74, 6) is -0.576. The van der Waals surface area contributed by atoms with E-state index < -0.39 is 0 Å². The first-order chi connectivity index (χ1) is 13.2. The van der Waals surface area contributed by atoms with Gasteiger partial charge < -0.3 is 9.47 Å². The molecule has 4 heteroatoms. The molecule has 4 bridgehead atoms. The molecule has 2 aromatic rings. The van der Waals surface area contributed by atoms with Crippen molar-refractivity contribution in [2.24, 2.45) is 0 Å². The average molecular weight is 364 g/mol. The van der Waals surface area contributed by atoms with Gasteiger partial charge in [0.1, 0.15) is 0 Å². The second-order valence-electron chi connectivity index (χ2n) is 6.62. The van der Waals surface area contributed by atoms with Gasteiger partial charge in [-0.2, -0.15) is 0 Å². The molecule has 0 fully saturated rings. The van der Waals surface area contributed by atoms with Crippen LogP contribution in [0.2, 0.25) is 0 Å². The zero-order valence-corrected chi connectivity index (χ0v) is 15.4. The van der Waals surface area contributed by atoms with Crippen LogP contribution in [-0.4, -0.2) is 25.2 Å². The van der Waals surface area contributed by atoms with E-state index >= 15 is 0 Å². The van der Waals surface area contributed by atoms with Crippen molar-refractivity contribution in [1.82, 2.24) is 0 Å². The van der Waals surface area contributed by atoms with E-state index in [1.807, 2.05) is 48.6 Å². The largest absolute Gasteiger partial charge is 0.462 e. The lowest BCUT2D eigenvalue weighted by Gasteiger charge is -2.06. The van der Waals surface area contributed by atoms with Crippen molar-refractivity contribution in [2.45, 2.75) is 32.1 Å². The molecule has 0 spiro atoms. The maximum atomic E-state index is 12.2. The normalized spacial score (nSPS) is 17.6. The van der Waals surface area contributed by atoms with E-state index in [2.05, 4.69) is 0 Å². The number of esters is 2. The molecule has 3 rings (SSSR count). The number of hydrogen-bond donors (Lipinski definition) is 0. The summed E-state index contributed by atoms with van der Waals surface area (Å²) in [6, 6.07) is 14.7. The Kier molecular flexibility index (Phi) is 6.80. The van der Waals surface area contributed by atoms with Crippen molar-refractivity contribution in [1.29, 1.82) is 0 Å². The smallest absolute Gasteiger partial charge is 0.338 e. The summed E-state index contributed by atoms with van der Waals surface area (Å²) in [7, 11) is 0. The Morgan fingerprint density at radius 1 is 0.593 bits per heavy atom. The minimum Gasteiger partial charge on any atom is -0.462 e. The Bertz CT molecular complexity index is 755. The van der Waals surface area contributed by atoms with Crippen LogP contribution in [-0.2, 0) is 9.47 Å². The quantitative estimate of drug-likeness (QED) is 0.608. The maximum absolute atomic E-state index is 12.2. The van der Waals surface area contributed by atoms with Gasteiger partial charge in [-0.05, 0) is 48.2 Å². The van der Waals surface area contributed by atoms with Crippen LogP contribution < -0.4 is 0 Å². The Morgan fingerprint density at radius 3 is 1.52 bits per heavy atom. The van der Waals surface area contributed by atoms with Crippen molar-refractivity contribution < 1.29 is 19.1 Å². The van der Waals surface area contributed by atoms with Crippen LogP contribution in [0.5, 0.6) is 0 Å². The lowest BCUT2D eigenvalue weighted by Crippen LogP contribution is -2.07. The number of fused-ring (bicyclic) bond motifs is 4. The molecule has 4 nitrogen and oxygen atoms in total. The second kappa shape index (κ2) is 9.72. The van der Waals surface area contributed by atoms with Gasteiger partial charge in [-0.25, -0.2) is 9.59 Å². The molecule has 27 heavy (non-hydrogen) atoms. The molecule has 1 heterocycles. The number of hydrogen-bond acceptors (Lipinski definition) is 4. The van der Waals surface area contributed by atoms with E-state index in [1.54, 1.807) is 12.1 Å². The molecule has 0 N–H and O–H groups in total. The Labute approximate surface area is 159 Å². The van der Waals surface area contributed by atoms with Gasteiger partial charge >= 0.3 is 11.9 Å². The number of rotatable bonds is 0. The molecule has 0 aromatic heterocycles. The van der Waals surface area contributed by atoms with Crippen LogP contribution in [0.1, 0.15) is 63.9 Å². The molecule has 0 atom stereocenters. The first-order valence-electron chi connectivity index (χ1n) is 9.45. The molecule has 1 aliphatic rings. The molecule has 0 unspecified atom stereocenters. The fourth-order valence-electron chi connectivity index (χ4n) is 2.96. The van der Waals surface area contributed by atoms with E-state index in [0.29, 0.717) is 24.3 Å². The molecule has 0 aliphatic carbocycles. The highest BCUT2D eigenvalue weighted by atomic mass is 16.5. The molecule has 0 saturated heterocycles. The summed E-state index contributed by atoms with van der Waals surface area (Å²) in [5.41, 5.74) is 2.89. The summed E-state index contributed by atoms with van der Waals surface area (Å²) in [4.78, 5) is 24.4. The first-order valence-corrected chi connectivity index (χ1v) is 9.45. The Morgan fingerprint density at radius 2 is 1.04 bits per heavy atom. The third-order valence-electron chi connectivity index (χ3n) is 4.47. The topological polar surface area (TPSA) is 52.6 Å². The second-order valence-corrected chi connectivity index (χ2v) is 6.62. The van der Waals surface area contributed by atoms with Crippen LogP contribution >= 0.6 is 0 Å². The van der Waals surface area contributed by atoms with Gasteiger partial charge in [0.05, 0.1) is 24.3 Å². The van der Waals surface area contributed by atoms with E-state index in [1.165, 1.54) is 0 Å². The van der Waals surface area contributed by atoms with Crippen molar-refractivity contribution >= 4 is 24.1 Å². The third-order valence-corrected chi connectivity index (χ3v) is 4.47. The molecular formula is C23H24O4. The summed E-state index contributed by atoms with van der Waals surface area (Å²) in [6.07, 6.45) is 8.53. The monoisotopic (exact) mass is 364 g/mol. The molecular weight excluding hydrogens is 340 g/mol. The van der Waals surface area contributed by atoms with Gasteiger partial charge in [-0.3, -0.25) is 0 Å². The van der Waals surface area contributed by atoms with Gasteiger partial charge in [-0.1, -0.05) is 55.7 Å². The SMILES string of the molecule is O=C1OCCCCCCCOC(=O)c2cccc(c2)/C=C/c2cccc1c2.